The van der Waals surface area contributed by atoms with Crippen LogP contribution in [0.3, 0.4) is 0 Å². The highest BCUT2D eigenvalue weighted by Crippen LogP contribution is 2.25. The Kier molecular flexibility index (Phi) is 5.30. The molecule has 0 amide bonds. The maximum absolute atomic E-state index is 5.79. The lowest BCUT2D eigenvalue weighted by atomic mass is 10.0. The summed E-state index contributed by atoms with van der Waals surface area (Å²) in [4.78, 5) is 12.6. The smallest absolute Gasteiger partial charge is 0.222 e. The average molecular weight is 298 g/mol. The maximum atomic E-state index is 5.79. The second kappa shape index (κ2) is 7.40. The van der Waals surface area contributed by atoms with Gasteiger partial charge in [0.2, 0.25) is 5.95 Å². The molecule has 116 valence electrons. The van der Waals surface area contributed by atoms with E-state index >= 15 is 0 Å². The van der Waals surface area contributed by atoms with Gasteiger partial charge in [0.15, 0.2) is 0 Å². The van der Waals surface area contributed by atoms with Crippen LogP contribution >= 0.6 is 0 Å². The number of aromatic nitrogens is 2. The van der Waals surface area contributed by atoms with Gasteiger partial charge in [-0.05, 0) is 24.1 Å². The van der Waals surface area contributed by atoms with Gasteiger partial charge in [0.05, 0.1) is 5.52 Å². The molecule has 0 aliphatic rings. The molecule has 0 unspecified atom stereocenters. The average Bonchev–Trinajstić information content (AvgIpc) is 2.52. The molecule has 1 aromatic heterocycles. The number of hydrogen-bond donors (Lipinski definition) is 3. The molecule has 0 atom stereocenters. The Morgan fingerprint density at radius 3 is 2.86 bits per heavy atom. The first-order valence-corrected chi connectivity index (χ1v) is 7.35. The van der Waals surface area contributed by atoms with E-state index in [1.165, 1.54) is 6.20 Å². The normalized spacial score (nSPS) is 12.2. The minimum absolute atomic E-state index is 0.268. The largest absolute Gasteiger partial charge is 0.404 e. The van der Waals surface area contributed by atoms with Gasteiger partial charge in [-0.3, -0.25) is 4.99 Å². The van der Waals surface area contributed by atoms with E-state index in [4.69, 9.17) is 11.5 Å². The molecular formula is C16H22N6. The number of anilines is 2. The molecule has 1 heterocycles. The van der Waals surface area contributed by atoms with E-state index in [9.17, 15) is 0 Å². The van der Waals surface area contributed by atoms with Crippen molar-refractivity contribution < 1.29 is 0 Å². The number of rotatable bonds is 6. The van der Waals surface area contributed by atoms with Crippen LogP contribution in [-0.4, -0.2) is 29.8 Å². The summed E-state index contributed by atoms with van der Waals surface area (Å²) < 4.78 is 0. The molecule has 0 fully saturated rings. The Morgan fingerprint density at radius 2 is 2.18 bits per heavy atom. The van der Waals surface area contributed by atoms with Crippen LogP contribution < -0.4 is 16.8 Å². The molecule has 2 aromatic rings. The summed E-state index contributed by atoms with van der Waals surface area (Å²) in [7, 11) is 1.71. The molecule has 0 radical (unpaired) electrons. The topological polar surface area (TPSA) is 102 Å². The first-order chi connectivity index (χ1) is 10.7. The molecule has 0 aliphatic carbocycles. The summed E-state index contributed by atoms with van der Waals surface area (Å²) >= 11 is 0. The Balaban J connectivity index is 2.49. The molecule has 6 nitrogen and oxygen atoms in total. The number of benzene rings is 1. The summed E-state index contributed by atoms with van der Waals surface area (Å²) in [5, 5.41) is 4.25. The van der Waals surface area contributed by atoms with Crippen molar-refractivity contribution in [3.63, 3.8) is 0 Å². The van der Waals surface area contributed by atoms with E-state index in [0.29, 0.717) is 0 Å². The third-order valence-electron chi connectivity index (χ3n) is 3.32. The fraction of sp³-hybridized carbons (Fsp3) is 0.312. The SMILES string of the molecule is CCCCNc1nc(N)nc2ccc(C(C=NC)=CN)cc12. The number of allylic oxidation sites excluding steroid dienone is 1. The van der Waals surface area contributed by atoms with Crippen LogP contribution in [0.5, 0.6) is 0 Å². The molecular weight excluding hydrogens is 276 g/mol. The highest BCUT2D eigenvalue weighted by molar-refractivity contribution is 6.11. The Bertz CT molecular complexity index is 705. The first kappa shape index (κ1) is 15.8. The van der Waals surface area contributed by atoms with E-state index in [1.807, 2.05) is 18.2 Å². The van der Waals surface area contributed by atoms with Gasteiger partial charge in [0.25, 0.3) is 0 Å². The predicted molar refractivity (Wildman–Crippen MR) is 93.9 cm³/mol. The first-order valence-electron chi connectivity index (χ1n) is 7.35. The van der Waals surface area contributed by atoms with Crippen molar-refractivity contribution in [3.05, 3.63) is 30.0 Å². The lowest BCUT2D eigenvalue weighted by Crippen LogP contribution is -2.06. The zero-order valence-corrected chi connectivity index (χ0v) is 13.0. The summed E-state index contributed by atoms with van der Waals surface area (Å²) in [6, 6.07) is 5.87. The Hall–Kier alpha value is -2.63. The number of nitrogens with zero attached hydrogens (tertiary/aromatic N) is 3. The van der Waals surface area contributed by atoms with Crippen molar-refractivity contribution in [2.24, 2.45) is 10.7 Å². The van der Waals surface area contributed by atoms with Gasteiger partial charge in [-0.2, -0.15) is 4.98 Å². The minimum atomic E-state index is 0.268. The zero-order valence-electron chi connectivity index (χ0n) is 13.0. The van der Waals surface area contributed by atoms with Gasteiger partial charge in [-0.25, -0.2) is 4.98 Å². The number of unbranched alkanes of at least 4 members (excludes halogenated alkanes) is 1. The summed E-state index contributed by atoms with van der Waals surface area (Å²) in [6.07, 6.45) is 5.45. The fourth-order valence-electron chi connectivity index (χ4n) is 2.20. The molecule has 0 aliphatic heterocycles. The zero-order chi connectivity index (χ0) is 15.9. The second-order valence-electron chi connectivity index (χ2n) is 4.95. The van der Waals surface area contributed by atoms with E-state index in [-0.39, 0.29) is 5.95 Å². The van der Waals surface area contributed by atoms with Crippen molar-refractivity contribution in [2.45, 2.75) is 19.8 Å². The molecule has 1 aromatic carbocycles. The minimum Gasteiger partial charge on any atom is -0.404 e. The number of nitrogens with two attached hydrogens (primary N) is 2. The summed E-state index contributed by atoms with van der Waals surface area (Å²) in [5.41, 5.74) is 14.1. The molecule has 0 bridgehead atoms. The van der Waals surface area contributed by atoms with Gasteiger partial charge < -0.3 is 16.8 Å². The second-order valence-corrected chi connectivity index (χ2v) is 4.95. The lowest BCUT2D eigenvalue weighted by Gasteiger charge is -2.10. The molecule has 6 heteroatoms. The van der Waals surface area contributed by atoms with Crippen LogP contribution in [0, 0.1) is 0 Å². The third-order valence-corrected chi connectivity index (χ3v) is 3.32. The maximum Gasteiger partial charge on any atom is 0.222 e. The van der Waals surface area contributed by atoms with Crippen LogP contribution in [0.2, 0.25) is 0 Å². The number of aliphatic imine (C=N–C) groups is 1. The summed E-state index contributed by atoms with van der Waals surface area (Å²) in [5.74, 6) is 1.02. The van der Waals surface area contributed by atoms with Crippen LogP contribution in [0.4, 0.5) is 11.8 Å². The quantitative estimate of drug-likeness (QED) is 0.561. The molecule has 0 saturated carbocycles. The standard InChI is InChI=1S/C16H22N6/c1-3-4-7-20-15-13-8-11(12(9-17)10-19-2)5-6-14(13)21-16(18)22-15/h5-6,8-10H,3-4,7,17H2,1-2H3,(H3,18,20,21,22). The van der Waals surface area contributed by atoms with Gasteiger partial charge in [-0.1, -0.05) is 19.4 Å². The summed E-state index contributed by atoms with van der Waals surface area (Å²) in [6.45, 7) is 3.00. The molecule has 5 N–H and O–H groups in total. The predicted octanol–water partition coefficient (Wildman–Crippen LogP) is 2.42. The van der Waals surface area contributed by atoms with Gasteiger partial charge in [-0.15, -0.1) is 0 Å². The van der Waals surface area contributed by atoms with E-state index in [2.05, 4.69) is 27.2 Å². The van der Waals surface area contributed by atoms with E-state index in [0.717, 1.165) is 47.2 Å². The molecule has 0 spiro atoms. The van der Waals surface area contributed by atoms with Crippen LogP contribution in [0.1, 0.15) is 25.3 Å². The van der Waals surface area contributed by atoms with Crippen LogP contribution in [-0.2, 0) is 0 Å². The third kappa shape index (κ3) is 3.52. The fourth-order valence-corrected chi connectivity index (χ4v) is 2.20. The monoisotopic (exact) mass is 298 g/mol. The number of nitrogens with one attached hydrogen (secondary N) is 1. The van der Waals surface area contributed by atoms with Crippen LogP contribution in [0.15, 0.2) is 29.4 Å². The molecule has 0 saturated heterocycles. The highest BCUT2D eigenvalue weighted by Gasteiger charge is 2.08. The lowest BCUT2D eigenvalue weighted by molar-refractivity contribution is 0.832. The molecule has 22 heavy (non-hydrogen) atoms. The Morgan fingerprint density at radius 1 is 1.36 bits per heavy atom. The van der Waals surface area contributed by atoms with E-state index in [1.54, 1.807) is 13.3 Å². The van der Waals surface area contributed by atoms with E-state index < -0.39 is 0 Å². The van der Waals surface area contributed by atoms with Gasteiger partial charge in [0, 0.05) is 37.0 Å². The number of nitrogen functional groups attached to an aromatic ring is 1. The Labute approximate surface area is 130 Å². The van der Waals surface area contributed by atoms with Crippen LogP contribution in [0.25, 0.3) is 16.5 Å². The van der Waals surface area contributed by atoms with Crippen molar-refractivity contribution in [3.8, 4) is 0 Å². The highest BCUT2D eigenvalue weighted by atomic mass is 15.1. The molecule has 2 rings (SSSR count). The number of fused-ring (bicyclic) bond motifs is 1. The van der Waals surface area contributed by atoms with Crippen molar-refractivity contribution >= 4 is 34.5 Å². The van der Waals surface area contributed by atoms with Crippen molar-refractivity contribution in [1.29, 1.82) is 0 Å². The van der Waals surface area contributed by atoms with Crippen molar-refractivity contribution in [2.75, 3.05) is 24.6 Å². The number of hydrogen-bond acceptors (Lipinski definition) is 6. The van der Waals surface area contributed by atoms with Gasteiger partial charge >= 0.3 is 0 Å². The van der Waals surface area contributed by atoms with Crippen molar-refractivity contribution in [1.82, 2.24) is 9.97 Å². The van der Waals surface area contributed by atoms with Gasteiger partial charge in [0.1, 0.15) is 5.82 Å².